The van der Waals surface area contributed by atoms with Crippen LogP contribution in [0.4, 0.5) is 0 Å². The number of benzene rings is 2. The van der Waals surface area contributed by atoms with Gasteiger partial charge in [-0.2, -0.15) is 5.10 Å². The summed E-state index contributed by atoms with van der Waals surface area (Å²) < 4.78 is 7.48. The van der Waals surface area contributed by atoms with Crippen molar-refractivity contribution < 1.29 is 4.74 Å². The summed E-state index contributed by atoms with van der Waals surface area (Å²) in [5, 5.41) is 8.13. The molecule has 0 aliphatic carbocycles. The predicted molar refractivity (Wildman–Crippen MR) is 101 cm³/mol. The van der Waals surface area contributed by atoms with Gasteiger partial charge in [-0.15, -0.1) is 0 Å². The fourth-order valence-corrected chi connectivity index (χ4v) is 2.93. The molecule has 1 unspecified atom stereocenters. The summed E-state index contributed by atoms with van der Waals surface area (Å²) in [5.74, 6) is 0.916. The molecule has 4 heteroatoms. The first kappa shape index (κ1) is 17.2. The Balaban J connectivity index is 1.65. The lowest BCUT2D eigenvalue weighted by Crippen LogP contribution is -2.18. The highest BCUT2D eigenvalue weighted by atomic mass is 16.5. The van der Waals surface area contributed by atoms with E-state index in [1.165, 1.54) is 11.1 Å². The summed E-state index contributed by atoms with van der Waals surface area (Å²) in [6.07, 6.45) is 1.96. The van der Waals surface area contributed by atoms with Crippen LogP contribution in [0.1, 0.15) is 36.7 Å². The van der Waals surface area contributed by atoms with E-state index in [4.69, 9.17) is 4.74 Å². The zero-order valence-electron chi connectivity index (χ0n) is 15.1. The molecule has 1 aromatic heterocycles. The second kappa shape index (κ2) is 7.99. The first-order valence-corrected chi connectivity index (χ1v) is 8.74. The Hall–Kier alpha value is -2.59. The van der Waals surface area contributed by atoms with E-state index >= 15 is 0 Å². The molecule has 1 atom stereocenters. The van der Waals surface area contributed by atoms with Gasteiger partial charge in [0.05, 0.1) is 18.5 Å². The predicted octanol–water partition coefficient (Wildman–Crippen LogP) is 4.43. The van der Waals surface area contributed by atoms with Gasteiger partial charge in [-0.3, -0.25) is 0 Å². The first-order valence-electron chi connectivity index (χ1n) is 8.74. The maximum atomic E-state index is 5.48. The highest BCUT2D eigenvalue weighted by molar-refractivity contribution is 5.35. The Labute approximate surface area is 149 Å². The molecule has 1 N–H and O–H groups in total. The molecular weight excluding hydrogens is 310 g/mol. The lowest BCUT2D eigenvalue weighted by atomic mass is 10.1. The minimum atomic E-state index is 0.226. The molecule has 3 aromatic rings. The van der Waals surface area contributed by atoms with Crippen molar-refractivity contribution in [3.05, 3.63) is 77.6 Å². The lowest BCUT2D eigenvalue weighted by molar-refractivity contribution is 0.340. The van der Waals surface area contributed by atoms with Crippen LogP contribution in [0.2, 0.25) is 0 Å². The SMILES string of the molecule is CCOc1ccc(CNC(C)c2cnn(-c3ccccc3)c2C)cc1. The molecule has 3 rings (SSSR count). The summed E-state index contributed by atoms with van der Waals surface area (Å²) in [7, 11) is 0. The number of aromatic nitrogens is 2. The summed E-state index contributed by atoms with van der Waals surface area (Å²) in [4.78, 5) is 0. The largest absolute Gasteiger partial charge is 0.494 e. The molecule has 130 valence electrons. The summed E-state index contributed by atoms with van der Waals surface area (Å²) in [6, 6.07) is 18.7. The van der Waals surface area contributed by atoms with Gasteiger partial charge in [-0.1, -0.05) is 30.3 Å². The van der Waals surface area contributed by atoms with Crippen LogP contribution in [0, 0.1) is 6.92 Å². The van der Waals surface area contributed by atoms with Crippen molar-refractivity contribution in [1.29, 1.82) is 0 Å². The van der Waals surface area contributed by atoms with Gasteiger partial charge in [-0.25, -0.2) is 4.68 Å². The fourth-order valence-electron chi connectivity index (χ4n) is 2.93. The summed E-state index contributed by atoms with van der Waals surface area (Å²) in [6.45, 7) is 7.79. The van der Waals surface area contributed by atoms with E-state index in [9.17, 15) is 0 Å². The molecule has 2 aromatic carbocycles. The molecule has 4 nitrogen and oxygen atoms in total. The monoisotopic (exact) mass is 335 g/mol. The van der Waals surface area contributed by atoms with Gasteiger partial charge in [0.15, 0.2) is 0 Å². The van der Waals surface area contributed by atoms with Gasteiger partial charge in [0.1, 0.15) is 5.75 Å². The number of hydrogen-bond donors (Lipinski definition) is 1. The number of para-hydroxylation sites is 1. The molecule has 0 aliphatic rings. The van der Waals surface area contributed by atoms with Crippen LogP contribution in [0.3, 0.4) is 0 Å². The third-order valence-electron chi connectivity index (χ3n) is 4.36. The molecule has 0 amide bonds. The average Bonchev–Trinajstić information content (AvgIpc) is 3.03. The molecule has 0 aliphatic heterocycles. The number of hydrogen-bond acceptors (Lipinski definition) is 3. The molecule has 0 saturated carbocycles. The highest BCUT2D eigenvalue weighted by Crippen LogP contribution is 2.20. The van der Waals surface area contributed by atoms with Gasteiger partial charge < -0.3 is 10.1 Å². The van der Waals surface area contributed by atoms with Crippen molar-refractivity contribution >= 4 is 0 Å². The van der Waals surface area contributed by atoms with E-state index in [0.29, 0.717) is 6.61 Å². The van der Waals surface area contributed by atoms with Crippen LogP contribution >= 0.6 is 0 Å². The average molecular weight is 335 g/mol. The Morgan fingerprint density at radius 1 is 1.08 bits per heavy atom. The number of ether oxygens (including phenoxy) is 1. The first-order chi connectivity index (χ1) is 12.2. The zero-order valence-corrected chi connectivity index (χ0v) is 15.1. The van der Waals surface area contributed by atoms with Crippen molar-refractivity contribution in [2.24, 2.45) is 0 Å². The van der Waals surface area contributed by atoms with E-state index in [2.05, 4.69) is 48.5 Å². The second-order valence-corrected chi connectivity index (χ2v) is 6.11. The standard InChI is InChI=1S/C21H25N3O/c1-4-25-20-12-10-18(11-13-20)14-22-16(2)21-15-23-24(17(21)3)19-8-6-5-7-9-19/h5-13,15-16,22H,4,14H2,1-3H3. The van der Waals surface area contributed by atoms with E-state index in [1.54, 1.807) is 0 Å². The van der Waals surface area contributed by atoms with Gasteiger partial charge in [-0.05, 0) is 50.6 Å². The minimum Gasteiger partial charge on any atom is -0.494 e. The number of nitrogens with zero attached hydrogens (tertiary/aromatic N) is 2. The maximum Gasteiger partial charge on any atom is 0.119 e. The number of rotatable bonds is 7. The van der Waals surface area contributed by atoms with Crippen molar-refractivity contribution in [2.75, 3.05) is 6.61 Å². The van der Waals surface area contributed by atoms with Crippen LogP contribution in [0.25, 0.3) is 5.69 Å². The van der Waals surface area contributed by atoms with Crippen molar-refractivity contribution in [3.8, 4) is 11.4 Å². The molecule has 0 saturated heterocycles. The topological polar surface area (TPSA) is 39.1 Å². The smallest absolute Gasteiger partial charge is 0.119 e. The van der Waals surface area contributed by atoms with E-state index in [1.807, 2.05) is 48.1 Å². The van der Waals surface area contributed by atoms with Gasteiger partial charge in [0, 0.05) is 23.8 Å². The molecule has 0 bridgehead atoms. The zero-order chi connectivity index (χ0) is 17.6. The quantitative estimate of drug-likeness (QED) is 0.694. The number of nitrogens with one attached hydrogen (secondary N) is 1. The van der Waals surface area contributed by atoms with Crippen LogP contribution in [-0.2, 0) is 6.54 Å². The Morgan fingerprint density at radius 3 is 2.48 bits per heavy atom. The fraction of sp³-hybridized carbons (Fsp3) is 0.286. The van der Waals surface area contributed by atoms with E-state index in [0.717, 1.165) is 23.7 Å². The third-order valence-corrected chi connectivity index (χ3v) is 4.36. The van der Waals surface area contributed by atoms with Gasteiger partial charge in [0.2, 0.25) is 0 Å². The molecule has 0 radical (unpaired) electrons. The maximum absolute atomic E-state index is 5.48. The highest BCUT2D eigenvalue weighted by Gasteiger charge is 2.13. The normalized spacial score (nSPS) is 12.1. The van der Waals surface area contributed by atoms with Crippen molar-refractivity contribution in [2.45, 2.75) is 33.4 Å². The summed E-state index contributed by atoms with van der Waals surface area (Å²) >= 11 is 0. The third kappa shape index (κ3) is 4.09. The van der Waals surface area contributed by atoms with E-state index < -0.39 is 0 Å². The van der Waals surface area contributed by atoms with Crippen molar-refractivity contribution in [3.63, 3.8) is 0 Å². The molecular formula is C21H25N3O. The van der Waals surface area contributed by atoms with E-state index in [-0.39, 0.29) is 6.04 Å². The molecule has 0 fully saturated rings. The molecule has 1 heterocycles. The Bertz CT molecular complexity index is 794. The van der Waals surface area contributed by atoms with Crippen LogP contribution < -0.4 is 10.1 Å². The van der Waals surface area contributed by atoms with Crippen molar-refractivity contribution in [1.82, 2.24) is 15.1 Å². The lowest BCUT2D eigenvalue weighted by Gasteiger charge is -2.14. The Morgan fingerprint density at radius 2 is 1.80 bits per heavy atom. The minimum absolute atomic E-state index is 0.226. The second-order valence-electron chi connectivity index (χ2n) is 6.11. The van der Waals surface area contributed by atoms with Gasteiger partial charge in [0.25, 0.3) is 0 Å². The molecule has 25 heavy (non-hydrogen) atoms. The molecule has 0 spiro atoms. The van der Waals surface area contributed by atoms with Crippen LogP contribution in [0.15, 0.2) is 60.8 Å². The summed E-state index contributed by atoms with van der Waals surface area (Å²) in [5.41, 5.74) is 4.71. The van der Waals surface area contributed by atoms with Crippen LogP contribution in [-0.4, -0.2) is 16.4 Å². The van der Waals surface area contributed by atoms with Gasteiger partial charge >= 0.3 is 0 Å². The van der Waals surface area contributed by atoms with Crippen LogP contribution in [0.5, 0.6) is 5.75 Å². The Kier molecular flexibility index (Phi) is 5.51.